The van der Waals surface area contributed by atoms with Crippen LogP contribution in [-0.2, 0) is 9.59 Å². The van der Waals surface area contributed by atoms with Gasteiger partial charge in [0.15, 0.2) is 0 Å². The SMILES string of the molecule is CC(C)NC(=O)C1CC(=O)N(c2ccc(Cl)cc2Cl)C1. The Morgan fingerprint density at radius 2 is 2.10 bits per heavy atom. The molecule has 4 nitrogen and oxygen atoms in total. The summed E-state index contributed by atoms with van der Waals surface area (Å²) in [5, 5.41) is 3.76. The van der Waals surface area contributed by atoms with Crippen molar-refractivity contribution in [1.82, 2.24) is 5.32 Å². The van der Waals surface area contributed by atoms with Crippen LogP contribution in [0.5, 0.6) is 0 Å². The van der Waals surface area contributed by atoms with Gasteiger partial charge in [-0.3, -0.25) is 9.59 Å². The van der Waals surface area contributed by atoms with E-state index in [4.69, 9.17) is 23.2 Å². The minimum Gasteiger partial charge on any atom is -0.354 e. The van der Waals surface area contributed by atoms with Crippen molar-refractivity contribution in [2.45, 2.75) is 26.3 Å². The van der Waals surface area contributed by atoms with Crippen molar-refractivity contribution in [2.24, 2.45) is 5.92 Å². The molecule has 2 rings (SSSR count). The van der Waals surface area contributed by atoms with Crippen molar-refractivity contribution >= 4 is 40.7 Å². The fraction of sp³-hybridized carbons (Fsp3) is 0.429. The molecule has 20 heavy (non-hydrogen) atoms. The molecule has 1 aliphatic heterocycles. The summed E-state index contributed by atoms with van der Waals surface area (Å²) in [5.41, 5.74) is 0.598. The van der Waals surface area contributed by atoms with Crippen molar-refractivity contribution in [3.8, 4) is 0 Å². The fourth-order valence-corrected chi connectivity index (χ4v) is 2.73. The Morgan fingerprint density at radius 3 is 2.70 bits per heavy atom. The van der Waals surface area contributed by atoms with Crippen LogP contribution in [0.2, 0.25) is 10.0 Å². The van der Waals surface area contributed by atoms with E-state index in [9.17, 15) is 9.59 Å². The molecule has 1 unspecified atom stereocenters. The van der Waals surface area contributed by atoms with Crippen molar-refractivity contribution in [3.63, 3.8) is 0 Å². The van der Waals surface area contributed by atoms with E-state index in [2.05, 4.69) is 5.32 Å². The monoisotopic (exact) mass is 314 g/mol. The molecule has 108 valence electrons. The lowest BCUT2D eigenvalue weighted by atomic mass is 10.1. The highest BCUT2D eigenvalue weighted by molar-refractivity contribution is 6.36. The molecule has 1 aromatic rings. The van der Waals surface area contributed by atoms with Crippen molar-refractivity contribution in [2.75, 3.05) is 11.4 Å². The predicted octanol–water partition coefficient (Wildman–Crippen LogP) is 2.87. The molecule has 6 heteroatoms. The normalized spacial score (nSPS) is 18.8. The van der Waals surface area contributed by atoms with Gasteiger partial charge >= 0.3 is 0 Å². The van der Waals surface area contributed by atoms with Gasteiger partial charge in [-0.15, -0.1) is 0 Å². The van der Waals surface area contributed by atoms with Crippen molar-refractivity contribution in [3.05, 3.63) is 28.2 Å². The molecule has 0 aliphatic carbocycles. The smallest absolute Gasteiger partial charge is 0.227 e. The van der Waals surface area contributed by atoms with Gasteiger partial charge in [-0.05, 0) is 32.0 Å². The first kappa shape index (κ1) is 15.1. The van der Waals surface area contributed by atoms with Crippen LogP contribution in [0.4, 0.5) is 5.69 Å². The first-order chi connectivity index (χ1) is 9.38. The number of hydrogen-bond donors (Lipinski definition) is 1. The molecular weight excluding hydrogens is 299 g/mol. The van der Waals surface area contributed by atoms with Gasteiger partial charge in [0.05, 0.1) is 16.6 Å². The Kier molecular flexibility index (Phi) is 4.55. The number of rotatable bonds is 3. The van der Waals surface area contributed by atoms with Gasteiger partial charge in [-0.2, -0.15) is 0 Å². The van der Waals surface area contributed by atoms with Crippen LogP contribution < -0.4 is 10.2 Å². The molecule has 1 aliphatic rings. The van der Waals surface area contributed by atoms with Gasteiger partial charge in [0.25, 0.3) is 0 Å². The van der Waals surface area contributed by atoms with Gasteiger partial charge in [0.2, 0.25) is 11.8 Å². The van der Waals surface area contributed by atoms with E-state index in [1.165, 1.54) is 0 Å². The number of halogens is 2. The van der Waals surface area contributed by atoms with Crippen molar-refractivity contribution in [1.29, 1.82) is 0 Å². The molecule has 1 heterocycles. The van der Waals surface area contributed by atoms with Crippen LogP contribution >= 0.6 is 23.2 Å². The molecule has 1 aromatic carbocycles. The average Bonchev–Trinajstić information content (AvgIpc) is 2.70. The lowest BCUT2D eigenvalue weighted by molar-refractivity contribution is -0.126. The summed E-state index contributed by atoms with van der Waals surface area (Å²) in [4.78, 5) is 25.6. The number of nitrogens with zero attached hydrogens (tertiary/aromatic N) is 1. The second kappa shape index (κ2) is 6.02. The number of nitrogens with one attached hydrogen (secondary N) is 1. The predicted molar refractivity (Wildman–Crippen MR) is 80.2 cm³/mol. The number of carbonyl (C=O) groups excluding carboxylic acids is 2. The second-order valence-corrected chi connectivity index (χ2v) is 6.01. The fourth-order valence-electron chi connectivity index (χ4n) is 2.22. The molecule has 2 amide bonds. The molecule has 0 aromatic heterocycles. The van der Waals surface area contributed by atoms with E-state index in [0.717, 1.165) is 0 Å². The quantitative estimate of drug-likeness (QED) is 0.932. The summed E-state index contributed by atoms with van der Waals surface area (Å²) in [6, 6.07) is 5.03. The molecule has 0 saturated carbocycles. The number of amides is 2. The number of hydrogen-bond acceptors (Lipinski definition) is 2. The summed E-state index contributed by atoms with van der Waals surface area (Å²) >= 11 is 12.0. The lowest BCUT2D eigenvalue weighted by Gasteiger charge is -2.18. The molecule has 0 spiro atoms. The minimum atomic E-state index is -0.336. The average molecular weight is 315 g/mol. The maximum absolute atomic E-state index is 12.1. The molecular formula is C14H16Cl2N2O2. The minimum absolute atomic E-state index is 0.0609. The molecule has 1 fully saturated rings. The van der Waals surface area contributed by atoms with Crippen LogP contribution in [0.3, 0.4) is 0 Å². The van der Waals surface area contributed by atoms with Crippen molar-refractivity contribution < 1.29 is 9.59 Å². The zero-order valence-corrected chi connectivity index (χ0v) is 12.8. The van der Waals surface area contributed by atoms with Crippen LogP contribution in [-0.4, -0.2) is 24.4 Å². The summed E-state index contributed by atoms with van der Waals surface area (Å²) in [5.74, 6) is -0.532. The summed E-state index contributed by atoms with van der Waals surface area (Å²) in [7, 11) is 0. The molecule has 0 bridgehead atoms. The maximum atomic E-state index is 12.1. The standard InChI is InChI=1S/C14H16Cl2N2O2/c1-8(2)17-14(20)9-5-13(19)18(7-9)12-4-3-10(15)6-11(12)16/h3-4,6,8-9H,5,7H2,1-2H3,(H,17,20). The van der Waals surface area contributed by atoms with E-state index >= 15 is 0 Å². The van der Waals surface area contributed by atoms with Gasteiger partial charge in [-0.25, -0.2) is 0 Å². The van der Waals surface area contributed by atoms with E-state index in [-0.39, 0.29) is 30.2 Å². The largest absolute Gasteiger partial charge is 0.354 e. The third-order valence-electron chi connectivity index (χ3n) is 3.13. The van der Waals surface area contributed by atoms with Crippen LogP contribution in [0.1, 0.15) is 20.3 Å². The number of carbonyl (C=O) groups is 2. The van der Waals surface area contributed by atoms with Gasteiger partial charge in [0.1, 0.15) is 0 Å². The Bertz CT molecular complexity index is 546. The highest BCUT2D eigenvalue weighted by Crippen LogP contribution is 2.33. The van der Waals surface area contributed by atoms with E-state index in [1.54, 1.807) is 23.1 Å². The highest BCUT2D eigenvalue weighted by atomic mass is 35.5. The van der Waals surface area contributed by atoms with Crippen LogP contribution in [0, 0.1) is 5.92 Å². The first-order valence-electron chi connectivity index (χ1n) is 6.44. The summed E-state index contributed by atoms with van der Waals surface area (Å²) in [6.45, 7) is 4.13. The van der Waals surface area contributed by atoms with Crippen LogP contribution in [0.25, 0.3) is 0 Å². The van der Waals surface area contributed by atoms with Gasteiger partial charge in [0, 0.05) is 24.0 Å². The topological polar surface area (TPSA) is 49.4 Å². The zero-order chi connectivity index (χ0) is 14.9. The Morgan fingerprint density at radius 1 is 1.40 bits per heavy atom. The number of anilines is 1. The molecule has 1 saturated heterocycles. The lowest BCUT2D eigenvalue weighted by Crippen LogP contribution is -2.37. The highest BCUT2D eigenvalue weighted by Gasteiger charge is 2.35. The molecule has 0 radical (unpaired) electrons. The Labute approximate surface area is 128 Å². The third kappa shape index (κ3) is 3.25. The Balaban J connectivity index is 2.15. The maximum Gasteiger partial charge on any atom is 0.227 e. The third-order valence-corrected chi connectivity index (χ3v) is 3.67. The first-order valence-corrected chi connectivity index (χ1v) is 7.20. The molecule has 1 N–H and O–H groups in total. The van der Waals surface area contributed by atoms with E-state index < -0.39 is 0 Å². The van der Waals surface area contributed by atoms with Crippen LogP contribution in [0.15, 0.2) is 18.2 Å². The summed E-state index contributed by atoms with van der Waals surface area (Å²) in [6.07, 6.45) is 0.206. The van der Waals surface area contributed by atoms with E-state index in [1.807, 2.05) is 13.8 Å². The van der Waals surface area contributed by atoms with E-state index in [0.29, 0.717) is 22.3 Å². The Hall–Kier alpha value is -1.26. The molecule has 1 atom stereocenters. The van der Waals surface area contributed by atoms with Gasteiger partial charge < -0.3 is 10.2 Å². The number of benzene rings is 1. The summed E-state index contributed by atoms with van der Waals surface area (Å²) < 4.78 is 0. The zero-order valence-electron chi connectivity index (χ0n) is 11.3. The van der Waals surface area contributed by atoms with Gasteiger partial charge in [-0.1, -0.05) is 23.2 Å². The second-order valence-electron chi connectivity index (χ2n) is 5.16.